The number of ether oxygens (including phenoxy) is 1. The number of methoxy groups -OCH3 is 1. The predicted molar refractivity (Wildman–Crippen MR) is 81.2 cm³/mol. The molecule has 108 valence electrons. The summed E-state index contributed by atoms with van der Waals surface area (Å²) in [5.41, 5.74) is 1.11. The number of hydrogen-bond acceptors (Lipinski definition) is 5. The van der Waals surface area contributed by atoms with Crippen molar-refractivity contribution in [2.75, 3.05) is 32.1 Å². The molecule has 1 fully saturated rings. The standard InChI is InChI=1S/C14H25N3OS/c1-10(15-4)12-11(2)16-13(19-12)17-8-6-7-14(3,9-17)18-5/h10,15H,6-9H2,1-5H3. The fourth-order valence-electron chi connectivity index (χ4n) is 2.60. The normalized spacial score (nSPS) is 25.6. The van der Waals surface area contributed by atoms with E-state index in [2.05, 4.69) is 31.0 Å². The molecule has 0 spiro atoms. The lowest BCUT2D eigenvalue weighted by Crippen LogP contribution is -2.47. The van der Waals surface area contributed by atoms with Gasteiger partial charge in [0.2, 0.25) is 0 Å². The van der Waals surface area contributed by atoms with Gasteiger partial charge in [-0.2, -0.15) is 0 Å². The topological polar surface area (TPSA) is 37.4 Å². The van der Waals surface area contributed by atoms with Crippen LogP contribution in [-0.4, -0.2) is 37.8 Å². The minimum absolute atomic E-state index is 0.0351. The molecule has 2 rings (SSSR count). The fourth-order valence-corrected chi connectivity index (χ4v) is 3.75. The van der Waals surface area contributed by atoms with Gasteiger partial charge >= 0.3 is 0 Å². The van der Waals surface area contributed by atoms with Gasteiger partial charge in [-0.15, -0.1) is 11.3 Å². The molecule has 1 N–H and O–H groups in total. The SMILES string of the molecule is CNC(C)c1sc(N2CCCC(C)(OC)C2)nc1C. The summed E-state index contributed by atoms with van der Waals surface area (Å²) in [6.07, 6.45) is 2.30. The Labute approximate surface area is 120 Å². The average molecular weight is 283 g/mol. The summed E-state index contributed by atoms with van der Waals surface area (Å²) >= 11 is 1.81. The number of thiazole rings is 1. The maximum absolute atomic E-state index is 5.66. The first-order valence-corrected chi connectivity index (χ1v) is 7.75. The van der Waals surface area contributed by atoms with Gasteiger partial charge in [-0.05, 0) is 40.7 Å². The van der Waals surface area contributed by atoms with Crippen molar-refractivity contribution >= 4 is 16.5 Å². The lowest BCUT2D eigenvalue weighted by Gasteiger charge is -2.39. The van der Waals surface area contributed by atoms with Gasteiger partial charge in [0.05, 0.1) is 11.3 Å². The minimum Gasteiger partial charge on any atom is -0.377 e. The van der Waals surface area contributed by atoms with Crippen LogP contribution in [0.15, 0.2) is 0 Å². The zero-order chi connectivity index (χ0) is 14.0. The highest BCUT2D eigenvalue weighted by Gasteiger charge is 2.32. The lowest BCUT2D eigenvalue weighted by atomic mass is 9.95. The van der Waals surface area contributed by atoms with Gasteiger partial charge in [0.15, 0.2) is 5.13 Å². The van der Waals surface area contributed by atoms with Crippen LogP contribution in [0.5, 0.6) is 0 Å². The van der Waals surface area contributed by atoms with Gasteiger partial charge in [0.25, 0.3) is 0 Å². The summed E-state index contributed by atoms with van der Waals surface area (Å²) in [5.74, 6) is 0. The first-order valence-electron chi connectivity index (χ1n) is 6.94. The van der Waals surface area contributed by atoms with Crippen LogP contribution in [0.2, 0.25) is 0 Å². The molecular formula is C14H25N3OS. The predicted octanol–water partition coefficient (Wildman–Crippen LogP) is 2.74. The number of rotatable bonds is 4. The van der Waals surface area contributed by atoms with Crippen LogP contribution in [0.1, 0.15) is 43.3 Å². The second kappa shape index (κ2) is 5.77. The molecule has 0 radical (unpaired) electrons. The van der Waals surface area contributed by atoms with Crippen molar-refractivity contribution in [2.24, 2.45) is 0 Å². The maximum atomic E-state index is 5.66. The molecule has 0 bridgehead atoms. The van der Waals surface area contributed by atoms with Crippen LogP contribution in [0.4, 0.5) is 5.13 Å². The van der Waals surface area contributed by atoms with E-state index >= 15 is 0 Å². The molecule has 0 saturated carbocycles. The summed E-state index contributed by atoms with van der Waals surface area (Å²) in [5, 5.41) is 4.43. The first kappa shape index (κ1) is 14.8. The van der Waals surface area contributed by atoms with Crippen molar-refractivity contribution in [1.82, 2.24) is 10.3 Å². The molecule has 0 aromatic carbocycles. The van der Waals surface area contributed by atoms with E-state index in [1.54, 1.807) is 11.3 Å². The van der Waals surface area contributed by atoms with Gasteiger partial charge < -0.3 is 15.0 Å². The van der Waals surface area contributed by atoms with Crippen molar-refractivity contribution in [2.45, 2.75) is 45.3 Å². The molecule has 19 heavy (non-hydrogen) atoms. The Morgan fingerprint density at radius 3 is 2.89 bits per heavy atom. The largest absolute Gasteiger partial charge is 0.377 e. The number of hydrogen-bond donors (Lipinski definition) is 1. The second-order valence-corrected chi connectivity index (χ2v) is 6.64. The molecule has 2 unspecified atom stereocenters. The first-order chi connectivity index (χ1) is 8.99. The highest BCUT2D eigenvalue weighted by atomic mass is 32.1. The van der Waals surface area contributed by atoms with Crippen LogP contribution < -0.4 is 10.2 Å². The van der Waals surface area contributed by atoms with Gasteiger partial charge in [0.1, 0.15) is 0 Å². The van der Waals surface area contributed by atoms with Crippen LogP contribution in [0, 0.1) is 6.92 Å². The van der Waals surface area contributed by atoms with Crippen LogP contribution >= 0.6 is 11.3 Å². The second-order valence-electron chi connectivity index (χ2n) is 5.64. The summed E-state index contributed by atoms with van der Waals surface area (Å²) in [4.78, 5) is 8.46. The number of nitrogens with one attached hydrogen (secondary N) is 1. The summed E-state index contributed by atoms with van der Waals surface area (Å²) in [6, 6.07) is 0.366. The molecule has 1 saturated heterocycles. The van der Waals surface area contributed by atoms with E-state index in [1.807, 2.05) is 14.2 Å². The summed E-state index contributed by atoms with van der Waals surface area (Å²) in [6.45, 7) is 8.49. The Morgan fingerprint density at radius 1 is 1.53 bits per heavy atom. The van der Waals surface area contributed by atoms with Crippen LogP contribution in [0.3, 0.4) is 0 Å². The maximum Gasteiger partial charge on any atom is 0.185 e. The van der Waals surface area contributed by atoms with E-state index in [4.69, 9.17) is 9.72 Å². The molecule has 2 atom stereocenters. The molecule has 1 aromatic heterocycles. The highest BCUT2D eigenvalue weighted by Crippen LogP contribution is 2.34. The third-order valence-electron chi connectivity index (χ3n) is 4.07. The van der Waals surface area contributed by atoms with Gasteiger partial charge in [-0.1, -0.05) is 0 Å². The fraction of sp³-hybridized carbons (Fsp3) is 0.786. The van der Waals surface area contributed by atoms with Crippen molar-refractivity contribution in [3.05, 3.63) is 10.6 Å². The molecule has 5 heteroatoms. The number of aryl methyl sites for hydroxylation is 1. The Kier molecular flexibility index (Phi) is 4.48. The number of piperidine rings is 1. The molecule has 1 aliphatic rings. The molecule has 1 aliphatic heterocycles. The Bertz CT molecular complexity index is 434. The van der Waals surface area contributed by atoms with Crippen molar-refractivity contribution < 1.29 is 4.74 Å². The van der Waals surface area contributed by atoms with E-state index in [9.17, 15) is 0 Å². The van der Waals surface area contributed by atoms with E-state index in [0.717, 1.165) is 30.3 Å². The number of anilines is 1. The molecule has 0 amide bonds. The Balaban J connectivity index is 2.18. The zero-order valence-corrected chi connectivity index (χ0v) is 13.4. The van der Waals surface area contributed by atoms with Crippen molar-refractivity contribution in [3.8, 4) is 0 Å². The Hall–Kier alpha value is -0.650. The van der Waals surface area contributed by atoms with E-state index in [0.29, 0.717) is 6.04 Å². The molecule has 2 heterocycles. The van der Waals surface area contributed by atoms with Crippen LogP contribution in [0.25, 0.3) is 0 Å². The summed E-state index contributed by atoms with van der Waals surface area (Å²) in [7, 11) is 3.80. The zero-order valence-electron chi connectivity index (χ0n) is 12.6. The number of aromatic nitrogens is 1. The molecule has 1 aromatic rings. The van der Waals surface area contributed by atoms with Gasteiger partial charge in [0, 0.05) is 31.1 Å². The molecule has 4 nitrogen and oxygen atoms in total. The quantitative estimate of drug-likeness (QED) is 0.922. The van der Waals surface area contributed by atoms with E-state index in [-0.39, 0.29) is 5.60 Å². The Morgan fingerprint density at radius 2 is 2.26 bits per heavy atom. The summed E-state index contributed by atoms with van der Waals surface area (Å²) < 4.78 is 5.66. The van der Waals surface area contributed by atoms with E-state index < -0.39 is 0 Å². The minimum atomic E-state index is -0.0351. The van der Waals surface area contributed by atoms with E-state index in [1.165, 1.54) is 11.3 Å². The monoisotopic (exact) mass is 283 g/mol. The van der Waals surface area contributed by atoms with Gasteiger partial charge in [-0.3, -0.25) is 0 Å². The van der Waals surface area contributed by atoms with Gasteiger partial charge in [-0.25, -0.2) is 4.98 Å². The van der Waals surface area contributed by atoms with Crippen molar-refractivity contribution in [1.29, 1.82) is 0 Å². The van der Waals surface area contributed by atoms with Crippen molar-refractivity contribution in [3.63, 3.8) is 0 Å². The third kappa shape index (κ3) is 3.09. The smallest absolute Gasteiger partial charge is 0.185 e. The van der Waals surface area contributed by atoms with Crippen LogP contribution in [-0.2, 0) is 4.74 Å². The molecule has 0 aliphatic carbocycles. The highest BCUT2D eigenvalue weighted by molar-refractivity contribution is 7.15. The third-order valence-corrected chi connectivity index (χ3v) is 5.47. The lowest BCUT2D eigenvalue weighted by molar-refractivity contribution is -0.00466. The molecular weight excluding hydrogens is 258 g/mol. The number of nitrogens with zero attached hydrogens (tertiary/aromatic N) is 2. The average Bonchev–Trinajstić information content (AvgIpc) is 2.80.